The van der Waals surface area contributed by atoms with Crippen LogP contribution in [-0.2, 0) is 4.79 Å². The average molecular weight is 229 g/mol. The van der Waals surface area contributed by atoms with Crippen molar-refractivity contribution in [1.82, 2.24) is 15.5 Å². The number of carboxylic acids is 1. The summed E-state index contributed by atoms with van der Waals surface area (Å²) in [6.45, 7) is 3.25. The molecule has 0 saturated carbocycles. The van der Waals surface area contributed by atoms with Gasteiger partial charge in [0.15, 0.2) is 0 Å². The predicted octanol–water partition coefficient (Wildman–Crippen LogP) is -0.147. The van der Waals surface area contributed by atoms with Crippen LogP contribution >= 0.6 is 0 Å². The number of rotatable bonds is 3. The summed E-state index contributed by atoms with van der Waals surface area (Å²) in [6, 6.07) is -0.972. The van der Waals surface area contributed by atoms with Gasteiger partial charge in [-0.1, -0.05) is 0 Å². The van der Waals surface area contributed by atoms with Gasteiger partial charge in [-0.2, -0.15) is 0 Å². The number of nitrogens with one attached hydrogen (secondary N) is 2. The van der Waals surface area contributed by atoms with Crippen LogP contribution in [0.25, 0.3) is 0 Å². The van der Waals surface area contributed by atoms with Gasteiger partial charge in [0, 0.05) is 13.1 Å². The summed E-state index contributed by atoms with van der Waals surface area (Å²) in [6.07, 6.45) is 1.82. The minimum absolute atomic E-state index is 0.197. The third kappa shape index (κ3) is 3.37. The molecule has 0 aromatic heterocycles. The van der Waals surface area contributed by atoms with Crippen LogP contribution in [0.1, 0.15) is 19.8 Å². The first-order valence-corrected chi connectivity index (χ1v) is 5.49. The molecule has 0 aliphatic carbocycles. The zero-order valence-electron chi connectivity index (χ0n) is 9.69. The molecule has 1 aliphatic rings. The van der Waals surface area contributed by atoms with Gasteiger partial charge >= 0.3 is 12.0 Å². The Kier molecular flexibility index (Phi) is 4.54. The number of carbonyl (C=O) groups excluding carboxylic acids is 1. The fraction of sp³-hybridized carbons (Fsp3) is 0.800. The van der Waals surface area contributed by atoms with Crippen molar-refractivity contribution >= 4 is 12.0 Å². The lowest BCUT2D eigenvalue weighted by atomic mass is 10.1. The summed E-state index contributed by atoms with van der Waals surface area (Å²) in [5.74, 6) is -1.02. The lowest BCUT2D eigenvalue weighted by Gasteiger charge is -2.32. The molecule has 16 heavy (non-hydrogen) atoms. The Morgan fingerprint density at radius 3 is 2.50 bits per heavy atom. The lowest BCUT2D eigenvalue weighted by molar-refractivity contribution is -0.138. The van der Waals surface area contributed by atoms with E-state index in [1.807, 2.05) is 0 Å². The normalized spacial score (nSPS) is 18.9. The number of hydrogen-bond acceptors (Lipinski definition) is 3. The number of urea groups is 1. The molecule has 0 unspecified atom stereocenters. The molecular formula is C10H19N3O3. The summed E-state index contributed by atoms with van der Waals surface area (Å²) < 4.78 is 0. The summed E-state index contributed by atoms with van der Waals surface area (Å²) in [4.78, 5) is 23.9. The van der Waals surface area contributed by atoms with E-state index >= 15 is 0 Å². The van der Waals surface area contributed by atoms with Crippen molar-refractivity contribution in [2.24, 2.45) is 0 Å². The molecule has 6 nitrogen and oxygen atoms in total. The SMILES string of the molecule is C[C@H](NC(=O)N(C)C1CCNCC1)C(=O)O. The van der Waals surface area contributed by atoms with Gasteiger partial charge in [0.25, 0.3) is 0 Å². The maximum Gasteiger partial charge on any atom is 0.325 e. The molecule has 92 valence electrons. The molecule has 1 saturated heterocycles. The summed E-state index contributed by atoms with van der Waals surface area (Å²) in [7, 11) is 1.71. The highest BCUT2D eigenvalue weighted by Gasteiger charge is 2.23. The van der Waals surface area contributed by atoms with Crippen LogP contribution in [0.4, 0.5) is 4.79 Å². The van der Waals surface area contributed by atoms with Crippen LogP contribution in [0.2, 0.25) is 0 Å². The van der Waals surface area contributed by atoms with Crippen molar-refractivity contribution < 1.29 is 14.7 Å². The number of piperidine rings is 1. The summed E-state index contributed by atoms with van der Waals surface area (Å²) in [5, 5.41) is 14.3. The molecule has 1 rings (SSSR count). The molecule has 0 radical (unpaired) electrons. The number of nitrogens with zero attached hydrogens (tertiary/aromatic N) is 1. The minimum Gasteiger partial charge on any atom is -0.480 e. The van der Waals surface area contributed by atoms with E-state index in [2.05, 4.69) is 10.6 Å². The molecule has 3 N–H and O–H groups in total. The Morgan fingerprint density at radius 2 is 2.00 bits per heavy atom. The van der Waals surface area contributed by atoms with E-state index in [1.54, 1.807) is 11.9 Å². The smallest absolute Gasteiger partial charge is 0.325 e. The summed E-state index contributed by atoms with van der Waals surface area (Å²) in [5.41, 5.74) is 0. The fourth-order valence-electron chi connectivity index (χ4n) is 1.71. The van der Waals surface area contributed by atoms with Gasteiger partial charge in [-0.3, -0.25) is 4.79 Å². The van der Waals surface area contributed by atoms with Crippen molar-refractivity contribution in [3.05, 3.63) is 0 Å². The predicted molar refractivity (Wildman–Crippen MR) is 59.3 cm³/mol. The highest BCUT2D eigenvalue weighted by atomic mass is 16.4. The Morgan fingerprint density at radius 1 is 1.44 bits per heavy atom. The Bertz CT molecular complexity index is 264. The molecular weight excluding hydrogens is 210 g/mol. The quantitative estimate of drug-likeness (QED) is 0.629. The largest absolute Gasteiger partial charge is 0.480 e. The van der Waals surface area contributed by atoms with Crippen molar-refractivity contribution in [2.75, 3.05) is 20.1 Å². The molecule has 1 atom stereocenters. The highest BCUT2D eigenvalue weighted by molar-refractivity contribution is 5.82. The molecule has 6 heteroatoms. The maximum absolute atomic E-state index is 11.7. The van der Waals surface area contributed by atoms with Gasteiger partial charge in [0.05, 0.1) is 0 Å². The number of carboxylic acid groups (broad SMARTS) is 1. The van der Waals surface area contributed by atoms with Gasteiger partial charge in [0.2, 0.25) is 0 Å². The van der Waals surface area contributed by atoms with Crippen LogP contribution in [0.5, 0.6) is 0 Å². The van der Waals surface area contributed by atoms with Crippen LogP contribution in [0.15, 0.2) is 0 Å². The number of amides is 2. The number of aliphatic carboxylic acids is 1. The summed E-state index contributed by atoms with van der Waals surface area (Å²) >= 11 is 0. The molecule has 0 aromatic rings. The Labute approximate surface area is 95.0 Å². The second-order valence-electron chi connectivity index (χ2n) is 4.10. The van der Waals surface area contributed by atoms with Gasteiger partial charge in [0.1, 0.15) is 6.04 Å². The van der Waals surface area contributed by atoms with Gasteiger partial charge in [-0.05, 0) is 32.9 Å². The van der Waals surface area contributed by atoms with E-state index in [9.17, 15) is 9.59 Å². The Balaban J connectivity index is 2.43. The molecule has 1 fully saturated rings. The van der Waals surface area contributed by atoms with Gasteiger partial charge < -0.3 is 20.6 Å². The molecule has 2 amide bonds. The van der Waals surface area contributed by atoms with E-state index in [1.165, 1.54) is 6.92 Å². The molecule has 0 aromatic carbocycles. The van der Waals surface area contributed by atoms with Crippen molar-refractivity contribution in [3.63, 3.8) is 0 Å². The third-order valence-corrected chi connectivity index (χ3v) is 2.89. The highest BCUT2D eigenvalue weighted by Crippen LogP contribution is 2.09. The van der Waals surface area contributed by atoms with Crippen LogP contribution in [0.3, 0.4) is 0 Å². The van der Waals surface area contributed by atoms with Crippen molar-refractivity contribution in [3.8, 4) is 0 Å². The number of carbonyl (C=O) groups is 2. The maximum atomic E-state index is 11.7. The standard InChI is InChI=1S/C10H19N3O3/c1-7(9(14)15)12-10(16)13(2)8-3-5-11-6-4-8/h7-8,11H,3-6H2,1-2H3,(H,12,16)(H,14,15)/t7-/m0/s1. The number of hydrogen-bond donors (Lipinski definition) is 3. The first kappa shape index (κ1) is 12.8. The topological polar surface area (TPSA) is 81.7 Å². The first-order chi connectivity index (χ1) is 7.52. The first-order valence-electron chi connectivity index (χ1n) is 5.49. The Hall–Kier alpha value is -1.30. The zero-order valence-corrected chi connectivity index (χ0v) is 9.69. The van der Waals surface area contributed by atoms with E-state index < -0.39 is 12.0 Å². The minimum atomic E-state index is -1.02. The van der Waals surface area contributed by atoms with E-state index in [-0.39, 0.29) is 12.1 Å². The van der Waals surface area contributed by atoms with Crippen LogP contribution < -0.4 is 10.6 Å². The molecule has 1 heterocycles. The van der Waals surface area contributed by atoms with E-state index in [0.29, 0.717) is 0 Å². The molecule has 1 aliphatic heterocycles. The van der Waals surface area contributed by atoms with E-state index in [4.69, 9.17) is 5.11 Å². The third-order valence-electron chi connectivity index (χ3n) is 2.89. The van der Waals surface area contributed by atoms with Crippen molar-refractivity contribution in [1.29, 1.82) is 0 Å². The van der Waals surface area contributed by atoms with Crippen LogP contribution in [-0.4, -0.2) is 54.2 Å². The second kappa shape index (κ2) is 5.69. The van der Waals surface area contributed by atoms with Crippen LogP contribution in [0, 0.1) is 0 Å². The lowest BCUT2D eigenvalue weighted by Crippen LogP contribution is -2.51. The van der Waals surface area contributed by atoms with E-state index in [0.717, 1.165) is 25.9 Å². The molecule has 0 spiro atoms. The van der Waals surface area contributed by atoms with Gasteiger partial charge in [-0.15, -0.1) is 0 Å². The van der Waals surface area contributed by atoms with Crippen molar-refractivity contribution in [2.45, 2.75) is 31.8 Å². The van der Waals surface area contributed by atoms with Gasteiger partial charge in [-0.25, -0.2) is 4.79 Å². The average Bonchev–Trinajstić information content (AvgIpc) is 2.28. The molecule has 0 bridgehead atoms. The monoisotopic (exact) mass is 229 g/mol. The second-order valence-corrected chi connectivity index (χ2v) is 4.10. The fourth-order valence-corrected chi connectivity index (χ4v) is 1.71. The zero-order chi connectivity index (χ0) is 12.1.